The molecule has 0 amide bonds. The van der Waals surface area contributed by atoms with Gasteiger partial charge in [0.1, 0.15) is 11.5 Å². The summed E-state index contributed by atoms with van der Waals surface area (Å²) in [5.74, 6) is 2.05. The van der Waals surface area contributed by atoms with Gasteiger partial charge >= 0.3 is 0 Å². The number of furan rings is 1. The highest BCUT2D eigenvalue weighted by molar-refractivity contribution is 5.20. The van der Waals surface area contributed by atoms with Crippen LogP contribution in [0.15, 0.2) is 46.9 Å². The van der Waals surface area contributed by atoms with Gasteiger partial charge in [-0.1, -0.05) is 30.3 Å². The Balaban J connectivity index is 1.72. The van der Waals surface area contributed by atoms with E-state index in [1.807, 2.05) is 13.0 Å². The Labute approximate surface area is 120 Å². The number of nitrogens with zero attached hydrogens (tertiary/aromatic N) is 1. The summed E-state index contributed by atoms with van der Waals surface area (Å²) in [6.45, 7) is 7.32. The summed E-state index contributed by atoms with van der Waals surface area (Å²) in [4.78, 5) is 2.49. The normalized spacial score (nSPS) is 21.8. The quantitative estimate of drug-likeness (QED) is 0.927. The van der Waals surface area contributed by atoms with Gasteiger partial charge in [-0.25, -0.2) is 0 Å². The Morgan fingerprint density at radius 1 is 1.20 bits per heavy atom. The van der Waals surface area contributed by atoms with Crippen LogP contribution in [-0.2, 0) is 0 Å². The van der Waals surface area contributed by atoms with E-state index in [0.29, 0.717) is 12.1 Å². The van der Waals surface area contributed by atoms with Crippen molar-refractivity contribution in [3.8, 4) is 0 Å². The third kappa shape index (κ3) is 2.79. The molecule has 0 radical (unpaired) electrons. The summed E-state index contributed by atoms with van der Waals surface area (Å²) < 4.78 is 5.78. The van der Waals surface area contributed by atoms with Gasteiger partial charge in [-0.15, -0.1) is 0 Å². The van der Waals surface area contributed by atoms with E-state index < -0.39 is 0 Å². The van der Waals surface area contributed by atoms with E-state index >= 15 is 0 Å². The third-order valence-electron chi connectivity index (χ3n) is 4.13. The lowest BCUT2D eigenvalue weighted by Gasteiger charge is -2.37. The van der Waals surface area contributed by atoms with Crippen molar-refractivity contribution in [1.82, 2.24) is 10.2 Å². The van der Waals surface area contributed by atoms with Crippen molar-refractivity contribution in [3.63, 3.8) is 0 Å². The van der Waals surface area contributed by atoms with Crippen molar-refractivity contribution in [1.29, 1.82) is 0 Å². The van der Waals surface area contributed by atoms with Crippen molar-refractivity contribution in [2.45, 2.75) is 25.9 Å². The summed E-state index contributed by atoms with van der Waals surface area (Å²) in [6.07, 6.45) is 0. The van der Waals surface area contributed by atoms with Crippen molar-refractivity contribution in [2.75, 3.05) is 19.6 Å². The highest BCUT2D eigenvalue weighted by atomic mass is 16.3. The second-order valence-corrected chi connectivity index (χ2v) is 5.54. The second-order valence-electron chi connectivity index (χ2n) is 5.54. The first-order chi connectivity index (χ1) is 9.74. The molecule has 1 aliphatic heterocycles. The lowest BCUT2D eigenvalue weighted by atomic mass is 10.0. The van der Waals surface area contributed by atoms with Crippen LogP contribution in [0.4, 0.5) is 0 Å². The van der Waals surface area contributed by atoms with Gasteiger partial charge in [-0.05, 0) is 31.5 Å². The van der Waals surface area contributed by atoms with Gasteiger partial charge in [0.2, 0.25) is 0 Å². The lowest BCUT2D eigenvalue weighted by molar-refractivity contribution is 0.138. The van der Waals surface area contributed by atoms with Gasteiger partial charge in [0.15, 0.2) is 0 Å². The first kappa shape index (κ1) is 13.4. The molecule has 3 heteroatoms. The highest BCUT2D eigenvalue weighted by Gasteiger charge is 2.26. The van der Waals surface area contributed by atoms with Gasteiger partial charge in [0, 0.05) is 25.7 Å². The Kier molecular flexibility index (Phi) is 3.90. The minimum atomic E-state index is 0.331. The van der Waals surface area contributed by atoms with Gasteiger partial charge in [0.25, 0.3) is 0 Å². The predicted molar refractivity (Wildman–Crippen MR) is 80.6 cm³/mol. The number of rotatable bonds is 3. The van der Waals surface area contributed by atoms with E-state index in [-0.39, 0.29) is 0 Å². The predicted octanol–water partition coefficient (Wildman–Crippen LogP) is 3.30. The average molecular weight is 270 g/mol. The zero-order chi connectivity index (χ0) is 13.9. The molecule has 1 aromatic carbocycles. The summed E-state index contributed by atoms with van der Waals surface area (Å²) in [5.41, 5.74) is 1.36. The van der Waals surface area contributed by atoms with Gasteiger partial charge in [0.05, 0.1) is 6.04 Å². The van der Waals surface area contributed by atoms with E-state index in [9.17, 15) is 0 Å². The maximum Gasteiger partial charge on any atom is 0.121 e. The zero-order valence-electron chi connectivity index (χ0n) is 12.2. The Morgan fingerprint density at radius 2 is 2.00 bits per heavy atom. The topological polar surface area (TPSA) is 28.4 Å². The van der Waals surface area contributed by atoms with Crippen LogP contribution in [0.2, 0.25) is 0 Å². The van der Waals surface area contributed by atoms with E-state index in [0.717, 1.165) is 31.2 Å². The van der Waals surface area contributed by atoms with Crippen molar-refractivity contribution in [2.24, 2.45) is 0 Å². The fourth-order valence-corrected chi connectivity index (χ4v) is 2.89. The fraction of sp³-hybridized carbons (Fsp3) is 0.412. The molecule has 1 N–H and O–H groups in total. The van der Waals surface area contributed by atoms with Crippen LogP contribution in [-0.4, -0.2) is 24.5 Å². The molecular weight excluding hydrogens is 248 g/mol. The molecule has 20 heavy (non-hydrogen) atoms. The summed E-state index contributed by atoms with van der Waals surface area (Å²) in [5, 5.41) is 3.60. The molecule has 2 unspecified atom stereocenters. The van der Waals surface area contributed by atoms with E-state index in [2.05, 4.69) is 53.5 Å². The number of benzene rings is 1. The van der Waals surface area contributed by atoms with Crippen LogP contribution in [0.3, 0.4) is 0 Å². The maximum atomic E-state index is 5.78. The molecule has 2 heterocycles. The SMILES string of the molecule is Cc1ccc(C(C)N2CCNC(c3ccccc3)C2)o1. The Hall–Kier alpha value is -1.58. The molecule has 0 aliphatic carbocycles. The van der Waals surface area contributed by atoms with E-state index in [1.54, 1.807) is 0 Å². The van der Waals surface area contributed by atoms with Crippen LogP contribution in [0.5, 0.6) is 0 Å². The maximum absolute atomic E-state index is 5.78. The monoisotopic (exact) mass is 270 g/mol. The molecule has 1 fully saturated rings. The fourth-order valence-electron chi connectivity index (χ4n) is 2.89. The minimum Gasteiger partial charge on any atom is -0.465 e. The van der Waals surface area contributed by atoms with Crippen molar-refractivity contribution >= 4 is 0 Å². The Morgan fingerprint density at radius 3 is 2.70 bits per heavy atom. The first-order valence-electron chi connectivity index (χ1n) is 7.33. The summed E-state index contributed by atoms with van der Waals surface area (Å²) >= 11 is 0. The zero-order valence-corrected chi connectivity index (χ0v) is 12.2. The lowest BCUT2D eigenvalue weighted by Crippen LogP contribution is -2.46. The first-order valence-corrected chi connectivity index (χ1v) is 7.33. The standard InChI is InChI=1S/C17H22N2O/c1-13-8-9-17(20-13)14(2)19-11-10-18-16(12-19)15-6-4-3-5-7-15/h3-9,14,16,18H,10-12H2,1-2H3. The Bertz CT molecular complexity index is 549. The van der Waals surface area contributed by atoms with Gasteiger partial charge in [-0.2, -0.15) is 0 Å². The third-order valence-corrected chi connectivity index (χ3v) is 4.13. The van der Waals surface area contributed by atoms with Crippen LogP contribution < -0.4 is 5.32 Å². The minimum absolute atomic E-state index is 0.331. The van der Waals surface area contributed by atoms with Crippen molar-refractivity contribution in [3.05, 3.63) is 59.5 Å². The number of aryl methyl sites for hydroxylation is 1. The van der Waals surface area contributed by atoms with Crippen LogP contribution in [0.25, 0.3) is 0 Å². The van der Waals surface area contributed by atoms with Gasteiger partial charge in [-0.3, -0.25) is 4.90 Å². The van der Waals surface area contributed by atoms with Crippen LogP contribution in [0.1, 0.15) is 36.1 Å². The van der Waals surface area contributed by atoms with Crippen LogP contribution in [0, 0.1) is 6.92 Å². The number of piperazine rings is 1. The smallest absolute Gasteiger partial charge is 0.121 e. The molecule has 0 spiro atoms. The average Bonchev–Trinajstić information content (AvgIpc) is 2.94. The molecule has 2 atom stereocenters. The summed E-state index contributed by atoms with van der Waals surface area (Å²) in [7, 11) is 0. The van der Waals surface area contributed by atoms with Crippen LogP contribution >= 0.6 is 0 Å². The number of hydrogen-bond donors (Lipinski definition) is 1. The molecule has 0 bridgehead atoms. The van der Waals surface area contributed by atoms with Crippen molar-refractivity contribution < 1.29 is 4.42 Å². The summed E-state index contributed by atoms with van der Waals surface area (Å²) in [6, 6.07) is 15.6. The molecular formula is C17H22N2O. The molecule has 3 nitrogen and oxygen atoms in total. The molecule has 106 valence electrons. The molecule has 0 saturated carbocycles. The largest absolute Gasteiger partial charge is 0.465 e. The van der Waals surface area contributed by atoms with Gasteiger partial charge < -0.3 is 9.73 Å². The number of hydrogen-bond acceptors (Lipinski definition) is 3. The van der Waals surface area contributed by atoms with E-state index in [1.165, 1.54) is 5.56 Å². The number of nitrogens with one attached hydrogen (secondary N) is 1. The molecule has 2 aromatic rings. The molecule has 3 rings (SSSR count). The molecule has 1 saturated heterocycles. The highest BCUT2D eigenvalue weighted by Crippen LogP contribution is 2.26. The molecule has 1 aromatic heterocycles. The second kappa shape index (κ2) is 5.81. The molecule has 1 aliphatic rings. The van der Waals surface area contributed by atoms with E-state index in [4.69, 9.17) is 4.42 Å².